The zero-order valence-corrected chi connectivity index (χ0v) is 14.0. The van der Waals surface area contributed by atoms with Crippen LogP contribution in [-0.2, 0) is 9.47 Å². The Morgan fingerprint density at radius 1 is 1.35 bits per heavy atom. The van der Waals surface area contributed by atoms with Gasteiger partial charge in [-0.05, 0) is 39.8 Å². The Morgan fingerprint density at radius 2 is 2.09 bits per heavy atom. The van der Waals surface area contributed by atoms with E-state index in [1.807, 2.05) is 45.9 Å². The smallest absolute Gasteiger partial charge is 0.412 e. The summed E-state index contributed by atoms with van der Waals surface area (Å²) < 4.78 is 12.3. The number of carbonyl (C=O) groups is 1. The summed E-state index contributed by atoms with van der Waals surface area (Å²) in [4.78, 5) is 16.3. The molecule has 1 N–H and O–H groups in total. The zero-order valence-electron chi connectivity index (χ0n) is 14.0. The fourth-order valence-corrected chi connectivity index (χ4v) is 2.03. The highest BCUT2D eigenvalue weighted by Gasteiger charge is 2.23. The maximum atomic E-state index is 12.0. The molecule has 0 bridgehead atoms. The first kappa shape index (κ1) is 17.0. The van der Waals surface area contributed by atoms with Gasteiger partial charge in [0.15, 0.2) is 5.82 Å². The Balaban J connectivity index is 2.34. The lowest BCUT2D eigenvalue weighted by Crippen LogP contribution is -2.27. The normalized spacial score (nSPS) is 12.7. The van der Waals surface area contributed by atoms with Crippen LogP contribution in [-0.4, -0.2) is 33.6 Å². The molecule has 0 saturated heterocycles. The SMILES string of the molecule is CO[C@@H](C)c1c(NC(=O)OC(C)(C)C)cnn1-c1ccccn1. The average Bonchev–Trinajstić information content (AvgIpc) is 2.88. The molecule has 0 aliphatic carbocycles. The van der Waals surface area contributed by atoms with E-state index in [1.165, 1.54) is 0 Å². The fourth-order valence-electron chi connectivity index (χ4n) is 2.03. The molecule has 2 aromatic heterocycles. The highest BCUT2D eigenvalue weighted by Crippen LogP contribution is 2.27. The number of hydrogen-bond donors (Lipinski definition) is 1. The number of nitrogens with zero attached hydrogens (tertiary/aromatic N) is 3. The first-order valence-electron chi connectivity index (χ1n) is 7.34. The molecule has 2 rings (SSSR count). The van der Waals surface area contributed by atoms with Crippen LogP contribution in [0.5, 0.6) is 0 Å². The summed E-state index contributed by atoms with van der Waals surface area (Å²) in [7, 11) is 1.59. The van der Waals surface area contributed by atoms with Crippen LogP contribution < -0.4 is 5.32 Å². The van der Waals surface area contributed by atoms with Crippen molar-refractivity contribution in [1.29, 1.82) is 0 Å². The summed E-state index contributed by atoms with van der Waals surface area (Å²) in [5.74, 6) is 0.642. The molecule has 2 heterocycles. The van der Waals surface area contributed by atoms with E-state index in [4.69, 9.17) is 9.47 Å². The Bertz CT molecular complexity index is 662. The maximum Gasteiger partial charge on any atom is 0.412 e. The molecule has 0 spiro atoms. The highest BCUT2D eigenvalue weighted by atomic mass is 16.6. The van der Waals surface area contributed by atoms with Crippen molar-refractivity contribution in [3.05, 3.63) is 36.3 Å². The lowest BCUT2D eigenvalue weighted by Gasteiger charge is -2.20. The minimum Gasteiger partial charge on any atom is -0.444 e. The predicted octanol–water partition coefficient (Wildman–Crippen LogP) is 3.32. The maximum absolute atomic E-state index is 12.0. The summed E-state index contributed by atoms with van der Waals surface area (Å²) in [6.07, 6.45) is 2.41. The van der Waals surface area contributed by atoms with E-state index >= 15 is 0 Å². The molecule has 0 radical (unpaired) electrons. The van der Waals surface area contributed by atoms with E-state index < -0.39 is 11.7 Å². The number of carbonyl (C=O) groups excluding carboxylic acids is 1. The topological polar surface area (TPSA) is 78.3 Å². The van der Waals surface area contributed by atoms with Crippen molar-refractivity contribution in [2.75, 3.05) is 12.4 Å². The molecular weight excluding hydrogens is 296 g/mol. The minimum atomic E-state index is -0.575. The van der Waals surface area contributed by atoms with E-state index in [1.54, 1.807) is 24.2 Å². The van der Waals surface area contributed by atoms with Gasteiger partial charge in [0, 0.05) is 13.3 Å². The molecule has 23 heavy (non-hydrogen) atoms. The number of ether oxygens (including phenoxy) is 2. The Kier molecular flexibility index (Phi) is 5.00. The second kappa shape index (κ2) is 6.78. The molecule has 0 unspecified atom stereocenters. The van der Waals surface area contributed by atoms with E-state index in [9.17, 15) is 4.79 Å². The third-order valence-electron chi connectivity index (χ3n) is 3.05. The number of anilines is 1. The van der Waals surface area contributed by atoms with Gasteiger partial charge in [0.2, 0.25) is 0 Å². The molecule has 2 aromatic rings. The van der Waals surface area contributed by atoms with Crippen molar-refractivity contribution >= 4 is 11.8 Å². The molecule has 0 aliphatic rings. The van der Waals surface area contributed by atoms with Crippen LogP contribution in [0.15, 0.2) is 30.6 Å². The first-order chi connectivity index (χ1) is 10.8. The van der Waals surface area contributed by atoms with Crippen LogP contribution in [0, 0.1) is 0 Å². The van der Waals surface area contributed by atoms with Crippen LogP contribution in [0.4, 0.5) is 10.5 Å². The number of hydrogen-bond acceptors (Lipinski definition) is 5. The number of amides is 1. The van der Waals surface area contributed by atoms with Gasteiger partial charge < -0.3 is 9.47 Å². The molecule has 1 atom stereocenters. The van der Waals surface area contributed by atoms with Crippen LogP contribution >= 0.6 is 0 Å². The van der Waals surface area contributed by atoms with E-state index in [0.717, 1.165) is 0 Å². The Morgan fingerprint density at radius 3 is 2.65 bits per heavy atom. The third kappa shape index (κ3) is 4.29. The van der Waals surface area contributed by atoms with Crippen molar-refractivity contribution in [1.82, 2.24) is 14.8 Å². The molecule has 0 aromatic carbocycles. The van der Waals surface area contributed by atoms with Gasteiger partial charge in [0.1, 0.15) is 5.60 Å². The highest BCUT2D eigenvalue weighted by molar-refractivity contribution is 5.85. The summed E-state index contributed by atoms with van der Waals surface area (Å²) in [5.41, 5.74) is 0.644. The van der Waals surface area contributed by atoms with Crippen molar-refractivity contribution in [2.24, 2.45) is 0 Å². The lowest BCUT2D eigenvalue weighted by molar-refractivity contribution is 0.0635. The second-order valence-electron chi connectivity index (χ2n) is 6.05. The van der Waals surface area contributed by atoms with Crippen molar-refractivity contribution in [3.8, 4) is 5.82 Å². The molecule has 1 amide bonds. The van der Waals surface area contributed by atoms with Gasteiger partial charge >= 0.3 is 6.09 Å². The van der Waals surface area contributed by atoms with Gasteiger partial charge in [-0.1, -0.05) is 6.07 Å². The van der Waals surface area contributed by atoms with Crippen LogP contribution in [0.3, 0.4) is 0 Å². The van der Waals surface area contributed by atoms with Gasteiger partial charge in [-0.15, -0.1) is 0 Å². The first-order valence-corrected chi connectivity index (χ1v) is 7.34. The Hall–Kier alpha value is -2.41. The largest absolute Gasteiger partial charge is 0.444 e. The van der Waals surface area contributed by atoms with Gasteiger partial charge in [0.05, 0.1) is 23.7 Å². The second-order valence-corrected chi connectivity index (χ2v) is 6.05. The molecule has 0 saturated carbocycles. The number of pyridine rings is 1. The monoisotopic (exact) mass is 318 g/mol. The molecular formula is C16H22N4O3. The lowest BCUT2D eigenvalue weighted by atomic mass is 10.2. The molecule has 7 heteroatoms. The van der Waals surface area contributed by atoms with Crippen LogP contribution in [0.25, 0.3) is 5.82 Å². The fraction of sp³-hybridized carbons (Fsp3) is 0.438. The Labute approximate surface area is 135 Å². The third-order valence-corrected chi connectivity index (χ3v) is 3.05. The van der Waals surface area contributed by atoms with Gasteiger partial charge in [0.25, 0.3) is 0 Å². The number of rotatable bonds is 4. The number of methoxy groups -OCH3 is 1. The summed E-state index contributed by atoms with van der Waals surface area (Å²) in [6.45, 7) is 7.30. The zero-order chi connectivity index (χ0) is 17.0. The summed E-state index contributed by atoms with van der Waals surface area (Å²) in [5, 5.41) is 7.03. The number of nitrogens with one attached hydrogen (secondary N) is 1. The van der Waals surface area contributed by atoms with E-state index in [0.29, 0.717) is 17.2 Å². The molecule has 0 aliphatic heterocycles. The van der Waals surface area contributed by atoms with Crippen LogP contribution in [0.2, 0.25) is 0 Å². The van der Waals surface area contributed by atoms with Crippen molar-refractivity contribution < 1.29 is 14.3 Å². The molecule has 124 valence electrons. The molecule has 7 nitrogen and oxygen atoms in total. The summed E-state index contributed by atoms with van der Waals surface area (Å²) >= 11 is 0. The number of aromatic nitrogens is 3. The predicted molar refractivity (Wildman–Crippen MR) is 86.6 cm³/mol. The van der Waals surface area contributed by atoms with Gasteiger partial charge in [-0.25, -0.2) is 14.5 Å². The molecule has 0 fully saturated rings. The van der Waals surface area contributed by atoms with E-state index in [2.05, 4.69) is 15.4 Å². The average molecular weight is 318 g/mol. The van der Waals surface area contributed by atoms with Gasteiger partial charge in [-0.2, -0.15) is 5.10 Å². The van der Waals surface area contributed by atoms with E-state index in [-0.39, 0.29) is 6.10 Å². The summed E-state index contributed by atoms with van der Waals surface area (Å²) in [6, 6.07) is 5.52. The standard InChI is InChI=1S/C16H22N4O3/c1-11(22-5)14-12(19-15(21)23-16(2,3)4)10-18-20(14)13-8-6-7-9-17-13/h6-11H,1-5H3,(H,19,21)/t11-/m0/s1. The van der Waals surface area contributed by atoms with Crippen LogP contribution in [0.1, 0.15) is 39.5 Å². The van der Waals surface area contributed by atoms with Crippen molar-refractivity contribution in [3.63, 3.8) is 0 Å². The van der Waals surface area contributed by atoms with Crippen molar-refractivity contribution in [2.45, 2.75) is 39.4 Å². The van der Waals surface area contributed by atoms with Gasteiger partial charge in [-0.3, -0.25) is 5.32 Å². The minimum absolute atomic E-state index is 0.288. The quantitative estimate of drug-likeness (QED) is 0.935.